The fourth-order valence-electron chi connectivity index (χ4n) is 2.04. The summed E-state index contributed by atoms with van der Waals surface area (Å²) in [5, 5.41) is 12.3. The number of phenolic OH excluding ortho intramolecular Hbond substituents is 1. The minimum atomic E-state index is 0.150. The van der Waals surface area contributed by atoms with Gasteiger partial charge in [0.15, 0.2) is 5.78 Å². The maximum Gasteiger partial charge on any atom is 0.163 e. The Morgan fingerprint density at radius 2 is 2.06 bits per heavy atom. The first-order chi connectivity index (χ1) is 8.16. The van der Waals surface area contributed by atoms with E-state index in [1.807, 2.05) is 6.92 Å². The predicted molar refractivity (Wildman–Crippen MR) is 67.8 cm³/mol. The molecule has 17 heavy (non-hydrogen) atoms. The van der Waals surface area contributed by atoms with Crippen LogP contribution in [0.5, 0.6) is 5.75 Å². The van der Waals surface area contributed by atoms with Crippen LogP contribution < -0.4 is 5.32 Å². The summed E-state index contributed by atoms with van der Waals surface area (Å²) in [6, 6.07) is 6.80. The molecule has 1 aliphatic carbocycles. The minimum Gasteiger partial charge on any atom is -0.508 e. The van der Waals surface area contributed by atoms with Crippen LogP contribution in [0.1, 0.15) is 26.2 Å². The van der Waals surface area contributed by atoms with Crippen molar-refractivity contribution in [3.05, 3.63) is 36.0 Å². The first-order valence-corrected chi connectivity index (χ1v) is 5.95. The second kappa shape index (κ2) is 5.04. The number of ketones is 1. The lowest BCUT2D eigenvalue weighted by atomic mass is 9.86. The highest BCUT2D eigenvalue weighted by Crippen LogP contribution is 2.25. The zero-order chi connectivity index (χ0) is 12.3. The van der Waals surface area contributed by atoms with E-state index in [1.54, 1.807) is 30.5 Å². The minimum absolute atomic E-state index is 0.150. The number of benzene rings is 1. The van der Waals surface area contributed by atoms with Gasteiger partial charge in [-0.2, -0.15) is 0 Å². The lowest BCUT2D eigenvalue weighted by molar-refractivity contribution is -0.119. The molecule has 2 N–H and O–H groups in total. The molecular weight excluding hydrogens is 214 g/mol. The van der Waals surface area contributed by atoms with E-state index in [0.717, 1.165) is 30.5 Å². The lowest BCUT2D eigenvalue weighted by Crippen LogP contribution is -2.19. The Morgan fingerprint density at radius 3 is 2.76 bits per heavy atom. The normalized spacial score (nSPS) is 22.8. The Kier molecular flexibility index (Phi) is 3.47. The Labute approximate surface area is 101 Å². The molecule has 3 nitrogen and oxygen atoms in total. The molecule has 0 amide bonds. The van der Waals surface area contributed by atoms with Crippen molar-refractivity contribution in [2.45, 2.75) is 26.2 Å². The van der Waals surface area contributed by atoms with E-state index in [4.69, 9.17) is 5.11 Å². The average Bonchev–Trinajstić information content (AvgIpc) is 2.33. The average molecular weight is 231 g/mol. The summed E-state index contributed by atoms with van der Waals surface area (Å²) in [5.41, 5.74) is 1.75. The van der Waals surface area contributed by atoms with Gasteiger partial charge in [0, 0.05) is 23.4 Å². The fourth-order valence-corrected chi connectivity index (χ4v) is 2.04. The molecule has 0 spiro atoms. The van der Waals surface area contributed by atoms with Crippen LogP contribution in [-0.4, -0.2) is 10.9 Å². The Bertz CT molecular complexity index is 434. The van der Waals surface area contributed by atoms with Crippen LogP contribution >= 0.6 is 0 Å². The van der Waals surface area contributed by atoms with Gasteiger partial charge < -0.3 is 10.4 Å². The third kappa shape index (κ3) is 2.87. The molecule has 1 aromatic rings. The molecule has 0 saturated heterocycles. The molecule has 0 radical (unpaired) electrons. The second-order valence-electron chi connectivity index (χ2n) is 4.52. The van der Waals surface area contributed by atoms with E-state index in [9.17, 15) is 4.79 Å². The number of Topliss-reactive ketones (excluding diaryl/α,β-unsaturated/α-hetero) is 1. The topological polar surface area (TPSA) is 49.3 Å². The third-order valence-electron chi connectivity index (χ3n) is 3.13. The van der Waals surface area contributed by atoms with Crippen LogP contribution in [0.25, 0.3) is 0 Å². The van der Waals surface area contributed by atoms with Crippen LogP contribution in [-0.2, 0) is 4.79 Å². The van der Waals surface area contributed by atoms with Crippen LogP contribution in [0, 0.1) is 5.92 Å². The van der Waals surface area contributed by atoms with Gasteiger partial charge in [0.05, 0.1) is 0 Å². The molecule has 1 atom stereocenters. The number of carbonyl (C=O) groups is 1. The van der Waals surface area contributed by atoms with Crippen molar-refractivity contribution in [1.82, 2.24) is 0 Å². The van der Waals surface area contributed by atoms with Gasteiger partial charge >= 0.3 is 0 Å². The van der Waals surface area contributed by atoms with E-state index >= 15 is 0 Å². The zero-order valence-electron chi connectivity index (χ0n) is 9.94. The van der Waals surface area contributed by atoms with Gasteiger partial charge in [0.25, 0.3) is 0 Å². The van der Waals surface area contributed by atoms with Gasteiger partial charge in [-0.1, -0.05) is 6.92 Å². The van der Waals surface area contributed by atoms with Crippen molar-refractivity contribution in [1.29, 1.82) is 0 Å². The predicted octanol–water partition coefficient (Wildman–Crippen LogP) is 3.08. The zero-order valence-corrected chi connectivity index (χ0v) is 9.94. The SMILES string of the molecule is C[C@H]1CCCC(=CNc2ccc(O)cc2)C1=O. The quantitative estimate of drug-likeness (QED) is 0.607. The van der Waals surface area contributed by atoms with Crippen LogP contribution in [0.15, 0.2) is 36.0 Å². The summed E-state index contributed by atoms with van der Waals surface area (Å²) in [6.07, 6.45) is 4.73. The number of carbonyl (C=O) groups excluding carboxylic acids is 1. The molecule has 0 heterocycles. The van der Waals surface area contributed by atoms with Crippen molar-refractivity contribution < 1.29 is 9.90 Å². The van der Waals surface area contributed by atoms with Crippen molar-refractivity contribution in [3.8, 4) is 5.75 Å². The lowest BCUT2D eigenvalue weighted by Gasteiger charge is -2.19. The molecule has 0 unspecified atom stereocenters. The molecule has 0 aliphatic heterocycles. The Hall–Kier alpha value is -1.77. The number of allylic oxidation sites excluding steroid dienone is 1. The summed E-state index contributed by atoms with van der Waals surface area (Å²) in [6.45, 7) is 1.98. The van der Waals surface area contributed by atoms with Crippen molar-refractivity contribution in [2.75, 3.05) is 5.32 Å². The molecule has 1 aliphatic rings. The van der Waals surface area contributed by atoms with Gasteiger partial charge in [0.1, 0.15) is 5.75 Å². The highest BCUT2D eigenvalue weighted by atomic mass is 16.3. The molecule has 1 saturated carbocycles. The van der Waals surface area contributed by atoms with E-state index < -0.39 is 0 Å². The monoisotopic (exact) mass is 231 g/mol. The second-order valence-corrected chi connectivity index (χ2v) is 4.52. The van der Waals surface area contributed by atoms with Gasteiger partial charge in [-0.25, -0.2) is 0 Å². The number of hydrogen-bond donors (Lipinski definition) is 2. The molecule has 3 heteroatoms. The van der Waals surface area contributed by atoms with Crippen LogP contribution in [0.4, 0.5) is 5.69 Å². The first-order valence-electron chi connectivity index (χ1n) is 5.95. The summed E-state index contributed by atoms with van der Waals surface area (Å²) >= 11 is 0. The van der Waals surface area contributed by atoms with Gasteiger partial charge in [-0.15, -0.1) is 0 Å². The largest absolute Gasteiger partial charge is 0.508 e. The number of nitrogens with one attached hydrogen (secondary N) is 1. The third-order valence-corrected chi connectivity index (χ3v) is 3.13. The number of hydrogen-bond acceptors (Lipinski definition) is 3. The highest BCUT2D eigenvalue weighted by Gasteiger charge is 2.22. The molecular formula is C14H17NO2. The maximum absolute atomic E-state index is 11.9. The molecule has 0 bridgehead atoms. The van der Waals surface area contributed by atoms with Crippen molar-refractivity contribution in [2.24, 2.45) is 5.92 Å². The standard InChI is InChI=1S/C14H17NO2/c1-10-3-2-4-11(14(10)17)9-15-12-5-7-13(16)8-6-12/h5-10,15-16H,2-4H2,1H3/t10-/m0/s1. The van der Waals surface area contributed by atoms with E-state index in [2.05, 4.69) is 5.32 Å². The maximum atomic E-state index is 11.9. The summed E-state index contributed by atoms with van der Waals surface area (Å²) in [5.74, 6) is 0.643. The molecule has 2 rings (SSSR count). The molecule has 0 aromatic heterocycles. The Morgan fingerprint density at radius 1 is 1.35 bits per heavy atom. The number of phenols is 1. The van der Waals surface area contributed by atoms with Crippen molar-refractivity contribution in [3.63, 3.8) is 0 Å². The van der Waals surface area contributed by atoms with E-state index in [-0.39, 0.29) is 17.5 Å². The first kappa shape index (κ1) is 11.7. The molecule has 1 aromatic carbocycles. The smallest absolute Gasteiger partial charge is 0.163 e. The highest BCUT2D eigenvalue weighted by molar-refractivity contribution is 5.97. The summed E-state index contributed by atoms with van der Waals surface area (Å²) in [7, 11) is 0. The number of aromatic hydroxyl groups is 1. The van der Waals surface area contributed by atoms with E-state index in [0.29, 0.717) is 0 Å². The number of rotatable bonds is 2. The van der Waals surface area contributed by atoms with Gasteiger partial charge in [0.2, 0.25) is 0 Å². The fraction of sp³-hybridized carbons (Fsp3) is 0.357. The van der Waals surface area contributed by atoms with Gasteiger partial charge in [-0.05, 0) is 43.5 Å². The van der Waals surface area contributed by atoms with E-state index in [1.165, 1.54) is 0 Å². The number of anilines is 1. The van der Waals surface area contributed by atoms with Crippen LogP contribution in [0.3, 0.4) is 0 Å². The summed E-state index contributed by atoms with van der Waals surface area (Å²) in [4.78, 5) is 11.9. The molecule has 1 fully saturated rings. The van der Waals surface area contributed by atoms with Gasteiger partial charge in [-0.3, -0.25) is 4.79 Å². The molecule has 90 valence electrons. The van der Waals surface area contributed by atoms with Crippen molar-refractivity contribution >= 4 is 11.5 Å². The Balaban J connectivity index is 2.04. The summed E-state index contributed by atoms with van der Waals surface area (Å²) < 4.78 is 0. The van der Waals surface area contributed by atoms with Crippen LogP contribution in [0.2, 0.25) is 0 Å².